The number of ether oxygens (including phenoxy) is 6. The van der Waals surface area contributed by atoms with Gasteiger partial charge in [-0.05, 0) is 36.3 Å². The first-order valence-electron chi connectivity index (χ1n) is 13.1. The van der Waals surface area contributed by atoms with Crippen LogP contribution in [0.2, 0.25) is 0 Å². The van der Waals surface area contributed by atoms with Crippen LogP contribution in [0.3, 0.4) is 0 Å². The summed E-state index contributed by atoms with van der Waals surface area (Å²) in [6.07, 6.45) is -3.61. The number of methoxy groups -OCH3 is 2. The molecule has 2 heterocycles. The van der Waals surface area contributed by atoms with Crippen molar-refractivity contribution in [3.63, 3.8) is 0 Å². The molecule has 1 fully saturated rings. The monoisotopic (exact) mass is 608 g/mol. The molecule has 42 heavy (non-hydrogen) atoms. The number of rotatable bonds is 11. The minimum Gasteiger partial charge on any atom is -0.493 e. The van der Waals surface area contributed by atoms with Gasteiger partial charge in [-0.3, -0.25) is 19.2 Å². The van der Waals surface area contributed by atoms with E-state index in [0.717, 1.165) is 5.56 Å². The molecule has 0 radical (unpaired) electrons. The van der Waals surface area contributed by atoms with Crippen molar-refractivity contribution in [1.29, 1.82) is 0 Å². The lowest BCUT2D eigenvalue weighted by Gasteiger charge is -2.45. The summed E-state index contributed by atoms with van der Waals surface area (Å²) in [7, 11) is 4.87. The van der Waals surface area contributed by atoms with Crippen LogP contribution < -0.4 is 14.8 Å². The maximum absolute atomic E-state index is 12.3. The molecule has 0 unspecified atom stereocenters. The molecule has 1 aromatic carbocycles. The zero-order valence-corrected chi connectivity index (χ0v) is 25.4. The first-order valence-corrected chi connectivity index (χ1v) is 13.5. The summed E-state index contributed by atoms with van der Waals surface area (Å²) in [5.41, 5.74) is 0.971. The van der Waals surface area contributed by atoms with Crippen molar-refractivity contribution in [1.82, 2.24) is 19.7 Å². The minimum absolute atomic E-state index is 0.247. The molecule has 1 aliphatic rings. The molecule has 0 aliphatic carbocycles. The third-order valence-electron chi connectivity index (χ3n) is 6.51. The van der Waals surface area contributed by atoms with E-state index < -0.39 is 54.4 Å². The molecular formula is C27H36N4O10S. The molecule has 0 bridgehead atoms. The molecule has 0 saturated carbocycles. The molecule has 2 aromatic rings. The van der Waals surface area contributed by atoms with Crippen molar-refractivity contribution >= 4 is 36.0 Å². The molecule has 5 atom stereocenters. The fourth-order valence-corrected chi connectivity index (χ4v) is 4.94. The maximum Gasteiger partial charge on any atom is 0.303 e. The quantitative estimate of drug-likeness (QED) is 0.223. The topological polar surface area (TPSA) is 158 Å². The van der Waals surface area contributed by atoms with E-state index >= 15 is 0 Å². The van der Waals surface area contributed by atoms with Crippen LogP contribution in [0.5, 0.6) is 11.5 Å². The van der Waals surface area contributed by atoms with E-state index in [2.05, 4.69) is 5.32 Å². The van der Waals surface area contributed by atoms with Crippen LogP contribution in [-0.4, -0.2) is 83.3 Å². The Morgan fingerprint density at radius 3 is 2.17 bits per heavy atom. The van der Waals surface area contributed by atoms with Crippen LogP contribution in [0.4, 0.5) is 0 Å². The molecular weight excluding hydrogens is 572 g/mol. The van der Waals surface area contributed by atoms with Crippen molar-refractivity contribution in [2.45, 2.75) is 71.1 Å². The largest absolute Gasteiger partial charge is 0.493 e. The summed E-state index contributed by atoms with van der Waals surface area (Å²) in [4.78, 5) is 48.1. The van der Waals surface area contributed by atoms with E-state index in [1.54, 1.807) is 25.8 Å². The molecule has 15 heteroatoms. The van der Waals surface area contributed by atoms with Gasteiger partial charge in [-0.25, -0.2) is 4.68 Å². The number of aryl methyl sites for hydroxylation is 2. The van der Waals surface area contributed by atoms with E-state index in [4.69, 9.17) is 45.7 Å². The van der Waals surface area contributed by atoms with Crippen LogP contribution in [-0.2, 0) is 58.0 Å². The lowest BCUT2D eigenvalue weighted by Crippen LogP contribution is -2.64. The lowest BCUT2D eigenvalue weighted by molar-refractivity contribution is -0.239. The number of aromatic nitrogens is 3. The summed E-state index contributed by atoms with van der Waals surface area (Å²) in [5, 5.41) is 7.43. The Bertz CT molecular complexity index is 1370. The standard InChI is InChI=1S/C27H36N4O10S/c1-14(32)28-23-25(40-17(4)35)24(39-16(3)34)21(13-38-15(2)33)41-26(23)31-27(42)30(5)22(29-31)11-9-18-8-10-19(36-6)20(12-18)37-7/h8,10,12,21,23-26H,9,11,13H2,1-7H3,(H,28,32)/t21-,23-,24-,25-,26-/m1/s1. The van der Waals surface area contributed by atoms with Crippen molar-refractivity contribution in [3.05, 3.63) is 34.4 Å². The molecule has 14 nitrogen and oxygen atoms in total. The number of nitrogens with one attached hydrogen (secondary N) is 1. The van der Waals surface area contributed by atoms with Gasteiger partial charge in [-0.1, -0.05) is 6.07 Å². The Morgan fingerprint density at radius 1 is 0.952 bits per heavy atom. The third kappa shape index (κ3) is 7.85. The summed E-state index contributed by atoms with van der Waals surface area (Å²) in [5.74, 6) is -0.651. The molecule has 230 valence electrons. The van der Waals surface area contributed by atoms with Gasteiger partial charge in [0.25, 0.3) is 0 Å². The fourth-order valence-electron chi connectivity index (χ4n) is 4.69. The van der Waals surface area contributed by atoms with Crippen molar-refractivity contribution in [2.75, 3.05) is 20.8 Å². The first-order chi connectivity index (χ1) is 19.9. The number of nitrogens with zero attached hydrogens (tertiary/aromatic N) is 3. The second-order valence-corrected chi connectivity index (χ2v) is 10.00. The number of carbonyl (C=O) groups excluding carboxylic acids is 4. The van der Waals surface area contributed by atoms with Crippen LogP contribution in [0.15, 0.2) is 18.2 Å². The van der Waals surface area contributed by atoms with Crippen LogP contribution in [0, 0.1) is 4.77 Å². The molecule has 1 aliphatic heterocycles. The highest BCUT2D eigenvalue weighted by Gasteiger charge is 2.52. The SMILES string of the molecule is COc1ccc(CCc2nn([C@@H]3O[C@H](COC(C)=O)[C@@H](OC(C)=O)[C@H](OC(C)=O)[C@H]3NC(C)=O)c(=S)n2C)cc1OC. The Hall–Kier alpha value is -3.98. The van der Waals surface area contributed by atoms with Crippen molar-refractivity contribution < 1.29 is 47.6 Å². The number of hydrogen-bond donors (Lipinski definition) is 1. The van der Waals surface area contributed by atoms with Crippen molar-refractivity contribution in [2.24, 2.45) is 7.05 Å². The molecule has 0 spiro atoms. The van der Waals surface area contributed by atoms with E-state index in [9.17, 15) is 19.2 Å². The smallest absolute Gasteiger partial charge is 0.303 e. The highest BCUT2D eigenvalue weighted by Crippen LogP contribution is 2.33. The summed E-state index contributed by atoms with van der Waals surface area (Å²) in [6, 6.07) is 4.53. The van der Waals surface area contributed by atoms with E-state index in [-0.39, 0.29) is 11.4 Å². The van der Waals surface area contributed by atoms with E-state index in [1.165, 1.54) is 32.4 Å². The fraction of sp³-hybridized carbons (Fsp3) is 0.556. The van der Waals surface area contributed by atoms with Gasteiger partial charge in [-0.2, -0.15) is 5.10 Å². The molecule has 1 saturated heterocycles. The highest BCUT2D eigenvalue weighted by atomic mass is 32.1. The summed E-state index contributed by atoms with van der Waals surface area (Å²) >= 11 is 5.69. The lowest BCUT2D eigenvalue weighted by atomic mass is 9.95. The second kappa shape index (κ2) is 14.3. The zero-order valence-electron chi connectivity index (χ0n) is 24.6. The third-order valence-corrected chi connectivity index (χ3v) is 6.97. The van der Waals surface area contributed by atoms with Crippen LogP contribution in [0.25, 0.3) is 0 Å². The predicted molar refractivity (Wildman–Crippen MR) is 148 cm³/mol. The van der Waals surface area contributed by atoms with Gasteiger partial charge in [0.15, 0.2) is 34.7 Å². The van der Waals surface area contributed by atoms with Gasteiger partial charge in [0.1, 0.15) is 24.6 Å². The van der Waals surface area contributed by atoms with Gasteiger partial charge < -0.3 is 38.3 Å². The number of esters is 3. The Labute approximate surface area is 248 Å². The normalized spacial score (nSPS) is 21.6. The molecule has 1 amide bonds. The van der Waals surface area contributed by atoms with Gasteiger partial charge in [0.05, 0.1) is 14.2 Å². The Balaban J connectivity index is 2.02. The molecule has 1 N–H and O–H groups in total. The number of amides is 1. The number of carbonyl (C=O) groups is 4. The van der Waals surface area contributed by atoms with Crippen LogP contribution in [0.1, 0.15) is 45.3 Å². The van der Waals surface area contributed by atoms with Crippen molar-refractivity contribution in [3.8, 4) is 11.5 Å². The van der Waals surface area contributed by atoms with Crippen LogP contribution >= 0.6 is 12.2 Å². The molecule has 3 rings (SSSR count). The van der Waals surface area contributed by atoms with Gasteiger partial charge >= 0.3 is 17.9 Å². The summed E-state index contributed by atoms with van der Waals surface area (Å²) in [6.45, 7) is 4.51. The second-order valence-electron chi connectivity index (χ2n) is 9.63. The van der Waals surface area contributed by atoms with E-state index in [1.807, 2.05) is 18.2 Å². The average Bonchev–Trinajstić information content (AvgIpc) is 3.20. The summed E-state index contributed by atoms with van der Waals surface area (Å²) < 4.78 is 36.5. The number of benzene rings is 1. The Kier molecular flexibility index (Phi) is 11.1. The highest BCUT2D eigenvalue weighted by molar-refractivity contribution is 7.71. The van der Waals surface area contributed by atoms with E-state index in [0.29, 0.717) is 30.2 Å². The zero-order chi connectivity index (χ0) is 31.1. The molecule has 1 aromatic heterocycles. The predicted octanol–water partition coefficient (Wildman–Crippen LogP) is 1.58. The van der Waals surface area contributed by atoms with Gasteiger partial charge in [0.2, 0.25) is 5.91 Å². The maximum atomic E-state index is 12.3. The van der Waals surface area contributed by atoms with Gasteiger partial charge in [0, 0.05) is 41.2 Å². The number of hydrogen-bond acceptors (Lipinski definition) is 12. The first kappa shape index (κ1) is 32.5. The minimum atomic E-state index is -1.23. The van der Waals surface area contributed by atoms with Gasteiger partial charge in [-0.15, -0.1) is 0 Å². The average molecular weight is 609 g/mol. The Morgan fingerprint density at radius 2 is 1.60 bits per heavy atom.